The van der Waals surface area contributed by atoms with E-state index in [9.17, 15) is 19.5 Å². The first-order valence-electron chi connectivity index (χ1n) is 12.0. The van der Waals surface area contributed by atoms with Gasteiger partial charge in [0.25, 0.3) is 11.7 Å². The summed E-state index contributed by atoms with van der Waals surface area (Å²) in [6.07, 6.45) is 0. The van der Waals surface area contributed by atoms with E-state index < -0.39 is 23.7 Å². The van der Waals surface area contributed by atoms with E-state index in [1.165, 1.54) is 12.0 Å². The molecule has 0 radical (unpaired) electrons. The molecule has 1 aliphatic heterocycles. The molecule has 1 aliphatic rings. The number of hydrogen-bond acceptors (Lipinski definition) is 6. The average Bonchev–Trinajstić information content (AvgIpc) is 3.21. The number of esters is 1. The quantitative estimate of drug-likeness (QED) is 0.166. The Hall–Kier alpha value is -4.91. The highest BCUT2D eigenvalue weighted by Gasteiger charge is 2.46. The van der Waals surface area contributed by atoms with E-state index in [1.54, 1.807) is 67.8 Å². The fourth-order valence-electron chi connectivity index (χ4n) is 4.73. The van der Waals surface area contributed by atoms with Gasteiger partial charge in [0.1, 0.15) is 11.5 Å². The highest BCUT2D eigenvalue weighted by molar-refractivity contribution is 6.46. The Balaban J connectivity index is 1.60. The van der Waals surface area contributed by atoms with Crippen molar-refractivity contribution >= 4 is 34.2 Å². The SMILES string of the molecule is COC(=O)c1ccc(CN2C(=O)C(=O)/C(=C(\O)c3ccc4ccccc4c3)C2c2ccc(OC)cc2)cc1. The average molecular weight is 508 g/mol. The van der Waals surface area contributed by atoms with E-state index >= 15 is 0 Å². The number of methoxy groups -OCH3 is 2. The minimum atomic E-state index is -0.826. The first kappa shape index (κ1) is 24.8. The van der Waals surface area contributed by atoms with Gasteiger partial charge in [-0.2, -0.15) is 0 Å². The molecule has 38 heavy (non-hydrogen) atoms. The molecule has 1 heterocycles. The lowest BCUT2D eigenvalue weighted by atomic mass is 9.94. The van der Waals surface area contributed by atoms with Crippen molar-refractivity contribution in [2.75, 3.05) is 14.2 Å². The standard InChI is InChI=1S/C31H25NO6/c1-37-25-15-13-21(14-16-25)27-26(28(33)24-12-11-20-5-3-4-6-23(20)17-24)29(34)30(35)32(27)18-19-7-9-22(10-8-19)31(36)38-2/h3-17,27,33H,18H2,1-2H3/b28-26-. The third-order valence-corrected chi connectivity index (χ3v) is 6.72. The number of likely N-dealkylation sites (tertiary alicyclic amines) is 1. The van der Waals surface area contributed by atoms with Crippen LogP contribution in [0, 0.1) is 0 Å². The van der Waals surface area contributed by atoms with Crippen molar-refractivity contribution in [3.8, 4) is 5.75 Å². The molecule has 5 rings (SSSR count). The molecule has 0 spiro atoms. The number of ether oxygens (including phenoxy) is 2. The topological polar surface area (TPSA) is 93.1 Å². The summed E-state index contributed by atoms with van der Waals surface area (Å²) in [7, 11) is 2.86. The number of aliphatic hydroxyl groups is 1. The van der Waals surface area contributed by atoms with Gasteiger partial charge in [-0.15, -0.1) is 0 Å². The molecule has 7 nitrogen and oxygen atoms in total. The molecule has 1 unspecified atom stereocenters. The highest BCUT2D eigenvalue weighted by atomic mass is 16.5. The number of benzene rings is 4. The van der Waals surface area contributed by atoms with Crippen LogP contribution in [0.4, 0.5) is 0 Å². The zero-order chi connectivity index (χ0) is 26.8. The maximum Gasteiger partial charge on any atom is 0.337 e. The van der Waals surface area contributed by atoms with E-state index in [4.69, 9.17) is 9.47 Å². The predicted molar refractivity (Wildman–Crippen MR) is 143 cm³/mol. The summed E-state index contributed by atoms with van der Waals surface area (Å²) in [4.78, 5) is 40.0. The van der Waals surface area contributed by atoms with Crippen LogP contribution in [-0.4, -0.2) is 41.9 Å². The highest BCUT2D eigenvalue weighted by Crippen LogP contribution is 2.41. The number of aliphatic hydroxyl groups excluding tert-OH is 1. The van der Waals surface area contributed by atoms with Crippen molar-refractivity contribution in [3.63, 3.8) is 0 Å². The van der Waals surface area contributed by atoms with Crippen LogP contribution in [0.5, 0.6) is 5.75 Å². The van der Waals surface area contributed by atoms with Crippen molar-refractivity contribution < 1.29 is 29.0 Å². The lowest BCUT2D eigenvalue weighted by molar-refractivity contribution is -0.140. The normalized spacial score (nSPS) is 16.6. The van der Waals surface area contributed by atoms with Crippen LogP contribution in [0.3, 0.4) is 0 Å². The molecule has 0 saturated carbocycles. The minimum Gasteiger partial charge on any atom is -0.507 e. The van der Waals surface area contributed by atoms with Crippen molar-refractivity contribution in [2.24, 2.45) is 0 Å². The van der Waals surface area contributed by atoms with Gasteiger partial charge in [-0.1, -0.05) is 60.7 Å². The lowest BCUT2D eigenvalue weighted by Gasteiger charge is -2.25. The van der Waals surface area contributed by atoms with Crippen LogP contribution in [-0.2, 0) is 20.9 Å². The zero-order valence-corrected chi connectivity index (χ0v) is 20.9. The van der Waals surface area contributed by atoms with Crippen molar-refractivity contribution in [1.29, 1.82) is 0 Å². The lowest BCUT2D eigenvalue weighted by Crippen LogP contribution is -2.29. The molecule has 1 saturated heterocycles. The Morgan fingerprint density at radius 3 is 2.16 bits per heavy atom. The van der Waals surface area contributed by atoms with Gasteiger partial charge in [-0.3, -0.25) is 9.59 Å². The molecule has 7 heteroatoms. The first-order valence-corrected chi connectivity index (χ1v) is 12.0. The monoisotopic (exact) mass is 507 g/mol. The fraction of sp³-hybridized carbons (Fsp3) is 0.129. The van der Waals surface area contributed by atoms with Crippen molar-refractivity contribution in [2.45, 2.75) is 12.6 Å². The summed E-state index contributed by atoms with van der Waals surface area (Å²) in [5.41, 5.74) is 2.20. The number of carbonyl (C=O) groups excluding carboxylic acids is 3. The second-order valence-corrected chi connectivity index (χ2v) is 8.95. The van der Waals surface area contributed by atoms with Crippen LogP contribution in [0.2, 0.25) is 0 Å². The van der Waals surface area contributed by atoms with E-state index in [0.717, 1.165) is 10.8 Å². The van der Waals surface area contributed by atoms with Gasteiger partial charge in [0.05, 0.1) is 31.4 Å². The first-order chi connectivity index (χ1) is 18.4. The van der Waals surface area contributed by atoms with Gasteiger partial charge in [-0.25, -0.2) is 4.79 Å². The maximum atomic E-state index is 13.4. The number of Topliss-reactive ketones (excluding diaryl/α,β-unsaturated/α-hetero) is 1. The number of fused-ring (bicyclic) bond motifs is 1. The molecule has 1 fully saturated rings. The Labute approximate surface area is 219 Å². The Morgan fingerprint density at radius 1 is 0.842 bits per heavy atom. The summed E-state index contributed by atoms with van der Waals surface area (Å²) in [5, 5.41) is 13.3. The molecule has 1 N–H and O–H groups in total. The molecular formula is C31H25NO6. The summed E-state index contributed by atoms with van der Waals surface area (Å²) in [6, 6.07) is 26.0. The summed E-state index contributed by atoms with van der Waals surface area (Å²) >= 11 is 0. The van der Waals surface area contributed by atoms with E-state index in [2.05, 4.69) is 0 Å². The van der Waals surface area contributed by atoms with Gasteiger partial charge in [0.15, 0.2) is 0 Å². The van der Waals surface area contributed by atoms with E-state index in [-0.39, 0.29) is 17.9 Å². The van der Waals surface area contributed by atoms with Crippen LogP contribution in [0.15, 0.2) is 96.6 Å². The summed E-state index contributed by atoms with van der Waals surface area (Å²) < 4.78 is 10.0. The Morgan fingerprint density at radius 2 is 1.50 bits per heavy atom. The smallest absolute Gasteiger partial charge is 0.337 e. The summed E-state index contributed by atoms with van der Waals surface area (Å²) in [5.74, 6) is -1.56. The molecule has 1 atom stereocenters. The number of ketones is 1. The van der Waals surface area contributed by atoms with Crippen molar-refractivity contribution in [3.05, 3.63) is 119 Å². The molecule has 190 valence electrons. The van der Waals surface area contributed by atoms with Crippen LogP contribution < -0.4 is 4.74 Å². The number of carbonyl (C=O) groups is 3. The second-order valence-electron chi connectivity index (χ2n) is 8.95. The Kier molecular flexibility index (Phi) is 6.66. The molecule has 1 amide bonds. The number of nitrogens with zero attached hydrogens (tertiary/aromatic N) is 1. The largest absolute Gasteiger partial charge is 0.507 e. The van der Waals surface area contributed by atoms with E-state index in [0.29, 0.717) is 28.0 Å². The molecule has 4 aromatic carbocycles. The minimum absolute atomic E-state index is 0.0154. The maximum absolute atomic E-state index is 13.4. The molecular weight excluding hydrogens is 482 g/mol. The third-order valence-electron chi connectivity index (χ3n) is 6.72. The van der Waals surface area contributed by atoms with Crippen LogP contribution in [0.1, 0.15) is 33.1 Å². The van der Waals surface area contributed by atoms with Gasteiger partial charge >= 0.3 is 5.97 Å². The van der Waals surface area contributed by atoms with Gasteiger partial charge < -0.3 is 19.5 Å². The second kappa shape index (κ2) is 10.2. The van der Waals surface area contributed by atoms with Gasteiger partial charge in [0, 0.05) is 12.1 Å². The fourth-order valence-corrected chi connectivity index (χ4v) is 4.73. The van der Waals surface area contributed by atoms with Gasteiger partial charge in [-0.05, 0) is 52.2 Å². The van der Waals surface area contributed by atoms with Gasteiger partial charge in [0.2, 0.25) is 0 Å². The molecule has 0 aromatic heterocycles. The molecule has 4 aromatic rings. The molecule has 0 bridgehead atoms. The summed E-state index contributed by atoms with van der Waals surface area (Å²) in [6.45, 7) is 0.0945. The van der Waals surface area contributed by atoms with E-state index in [1.807, 2.05) is 30.3 Å². The number of hydrogen-bond donors (Lipinski definition) is 1. The van der Waals surface area contributed by atoms with Crippen LogP contribution >= 0.6 is 0 Å². The third kappa shape index (κ3) is 4.50. The Bertz CT molecular complexity index is 1570. The van der Waals surface area contributed by atoms with Crippen molar-refractivity contribution in [1.82, 2.24) is 4.90 Å². The number of amides is 1. The zero-order valence-electron chi connectivity index (χ0n) is 20.9. The van der Waals surface area contributed by atoms with Crippen LogP contribution in [0.25, 0.3) is 16.5 Å². The number of rotatable bonds is 6. The molecule has 0 aliphatic carbocycles. The predicted octanol–water partition coefficient (Wildman–Crippen LogP) is 5.26.